The lowest BCUT2D eigenvalue weighted by atomic mass is 10.1. The maximum Gasteiger partial charge on any atom is 0.433 e. The van der Waals surface area contributed by atoms with Crippen LogP contribution in [0.1, 0.15) is 40.9 Å². The van der Waals surface area contributed by atoms with E-state index in [0.29, 0.717) is 18.6 Å². The van der Waals surface area contributed by atoms with Gasteiger partial charge in [0.05, 0.1) is 17.7 Å². The number of benzene rings is 1. The minimum absolute atomic E-state index is 0.0473. The summed E-state index contributed by atoms with van der Waals surface area (Å²) in [7, 11) is 0. The molecule has 0 unspecified atom stereocenters. The Hall–Kier alpha value is -3.31. The number of aromatic nitrogens is 2. The van der Waals surface area contributed by atoms with Gasteiger partial charge in [0.1, 0.15) is 18.1 Å². The van der Waals surface area contributed by atoms with Crippen molar-refractivity contribution in [2.75, 3.05) is 6.61 Å². The zero-order valence-electron chi connectivity index (χ0n) is 15.8. The number of alkyl halides is 6. The van der Waals surface area contributed by atoms with Crippen LogP contribution in [0.2, 0.25) is 0 Å². The predicted octanol–water partition coefficient (Wildman–Crippen LogP) is 5.41. The second-order valence-electron chi connectivity index (χ2n) is 6.31. The number of carbonyl (C=O) groups excluding carboxylic acids is 1. The third-order valence-corrected chi connectivity index (χ3v) is 3.97. The van der Waals surface area contributed by atoms with Gasteiger partial charge in [-0.3, -0.25) is 0 Å². The van der Waals surface area contributed by atoms with Crippen molar-refractivity contribution in [1.82, 2.24) is 10.1 Å². The summed E-state index contributed by atoms with van der Waals surface area (Å²) in [5, 5.41) is 3.20. The van der Waals surface area contributed by atoms with Gasteiger partial charge in [0.25, 0.3) is 0 Å². The lowest BCUT2D eigenvalue weighted by Gasteiger charge is -2.15. The van der Waals surface area contributed by atoms with E-state index in [1.54, 1.807) is 6.92 Å². The lowest BCUT2D eigenvalue weighted by molar-refractivity contribution is -0.142. The highest BCUT2D eigenvalue weighted by Crippen LogP contribution is 2.40. The first-order chi connectivity index (χ1) is 14.5. The molecule has 2 aromatic heterocycles. The van der Waals surface area contributed by atoms with Gasteiger partial charge in [-0.15, -0.1) is 0 Å². The molecule has 12 heteroatoms. The van der Waals surface area contributed by atoms with Crippen molar-refractivity contribution in [1.29, 1.82) is 0 Å². The van der Waals surface area contributed by atoms with E-state index in [1.165, 1.54) is 0 Å². The summed E-state index contributed by atoms with van der Waals surface area (Å²) in [5.74, 6) is -1.30. The summed E-state index contributed by atoms with van der Waals surface area (Å²) in [6, 6.07) is 4.47. The number of halogens is 6. The van der Waals surface area contributed by atoms with Crippen molar-refractivity contribution in [3.63, 3.8) is 0 Å². The highest BCUT2D eigenvalue weighted by atomic mass is 19.4. The molecular weight excluding hydrogens is 434 g/mol. The minimum Gasteiger partial charge on any atom is -0.485 e. The van der Waals surface area contributed by atoms with Crippen LogP contribution >= 0.6 is 0 Å². The molecule has 0 fully saturated rings. The number of pyridine rings is 1. The van der Waals surface area contributed by atoms with E-state index >= 15 is 0 Å². The second kappa shape index (κ2) is 8.44. The van der Waals surface area contributed by atoms with Gasteiger partial charge >= 0.3 is 18.3 Å². The largest absolute Gasteiger partial charge is 0.485 e. The molecule has 6 nitrogen and oxygen atoms in total. The second-order valence-corrected chi connectivity index (χ2v) is 6.31. The summed E-state index contributed by atoms with van der Waals surface area (Å²) in [4.78, 5) is 14.9. The third-order valence-electron chi connectivity index (χ3n) is 3.97. The molecule has 0 saturated heterocycles. The Labute approximate surface area is 170 Å². The first-order valence-corrected chi connectivity index (χ1v) is 8.84. The lowest BCUT2D eigenvalue weighted by Crippen LogP contribution is -2.12. The Kier molecular flexibility index (Phi) is 6.09. The van der Waals surface area contributed by atoms with Crippen molar-refractivity contribution >= 4 is 16.9 Å². The SMILES string of the molecule is CCCOC(=O)c1cc(COc2cc(C(F)(F)F)nc3c(C(F)(F)F)cccc23)on1. The van der Waals surface area contributed by atoms with Gasteiger partial charge in [0, 0.05) is 17.5 Å². The van der Waals surface area contributed by atoms with Gasteiger partial charge < -0.3 is 14.0 Å². The van der Waals surface area contributed by atoms with Crippen molar-refractivity contribution in [2.45, 2.75) is 32.3 Å². The van der Waals surface area contributed by atoms with Gasteiger partial charge in [-0.05, 0) is 18.6 Å². The zero-order chi connectivity index (χ0) is 22.8. The van der Waals surface area contributed by atoms with E-state index in [1.807, 2.05) is 0 Å². The van der Waals surface area contributed by atoms with Gasteiger partial charge in [0.2, 0.25) is 0 Å². The average molecular weight is 448 g/mol. The molecular formula is C19H14F6N2O4. The molecule has 166 valence electrons. The molecule has 3 aromatic rings. The summed E-state index contributed by atoms with van der Waals surface area (Å²) in [5.41, 5.74) is -3.96. The molecule has 0 radical (unpaired) electrons. The van der Waals surface area contributed by atoms with E-state index in [4.69, 9.17) is 14.0 Å². The van der Waals surface area contributed by atoms with E-state index in [-0.39, 0.29) is 23.4 Å². The fourth-order valence-electron chi connectivity index (χ4n) is 2.61. The number of rotatable bonds is 6. The monoisotopic (exact) mass is 448 g/mol. The smallest absolute Gasteiger partial charge is 0.433 e. The summed E-state index contributed by atoms with van der Waals surface area (Å²) >= 11 is 0. The fraction of sp³-hybridized carbons (Fsp3) is 0.316. The summed E-state index contributed by atoms with van der Waals surface area (Å²) in [6.45, 7) is 1.44. The maximum atomic E-state index is 13.3. The molecule has 0 N–H and O–H groups in total. The van der Waals surface area contributed by atoms with E-state index in [2.05, 4.69) is 10.1 Å². The molecule has 1 aromatic carbocycles. The number of hydrogen-bond donors (Lipinski definition) is 0. The van der Waals surface area contributed by atoms with Gasteiger partial charge in [-0.1, -0.05) is 18.1 Å². The molecule has 0 aliphatic rings. The van der Waals surface area contributed by atoms with E-state index in [0.717, 1.165) is 18.2 Å². The topological polar surface area (TPSA) is 74.5 Å². The molecule has 0 amide bonds. The fourth-order valence-corrected chi connectivity index (χ4v) is 2.61. The number of ether oxygens (including phenoxy) is 2. The Balaban J connectivity index is 1.95. The normalized spacial score (nSPS) is 12.2. The van der Waals surface area contributed by atoms with Crippen LogP contribution in [0.25, 0.3) is 10.9 Å². The minimum atomic E-state index is -5.01. The van der Waals surface area contributed by atoms with Crippen LogP contribution in [0.15, 0.2) is 34.9 Å². The third kappa shape index (κ3) is 5.06. The number of fused-ring (bicyclic) bond motifs is 1. The van der Waals surface area contributed by atoms with E-state index in [9.17, 15) is 31.1 Å². The standard InChI is InChI=1S/C19H14F6N2O4/c1-2-6-29-17(28)13-7-10(31-27-13)9-30-14-8-15(19(23,24)25)26-16-11(14)4-3-5-12(16)18(20,21)22/h3-5,7-8H,2,6,9H2,1H3. The maximum absolute atomic E-state index is 13.3. The van der Waals surface area contributed by atoms with Crippen LogP contribution in [0.4, 0.5) is 26.3 Å². The quantitative estimate of drug-likeness (QED) is 0.371. The number of esters is 1. The molecule has 2 heterocycles. The first-order valence-electron chi connectivity index (χ1n) is 8.84. The number of para-hydroxylation sites is 1. The average Bonchev–Trinajstić information content (AvgIpc) is 3.17. The van der Waals surface area contributed by atoms with E-state index < -0.39 is 47.5 Å². The number of nitrogens with zero attached hydrogens (tertiary/aromatic N) is 2. The summed E-state index contributed by atoms with van der Waals surface area (Å²) in [6.07, 6.45) is -9.35. The Bertz CT molecular complexity index is 1090. The molecule has 31 heavy (non-hydrogen) atoms. The molecule has 0 atom stereocenters. The van der Waals surface area contributed by atoms with Crippen LogP contribution < -0.4 is 4.74 Å². The molecule has 0 spiro atoms. The first kappa shape index (κ1) is 22.4. The van der Waals surface area contributed by atoms with Gasteiger partial charge in [-0.25, -0.2) is 9.78 Å². The van der Waals surface area contributed by atoms with Crippen molar-refractivity contribution in [3.8, 4) is 5.75 Å². The zero-order valence-corrected chi connectivity index (χ0v) is 15.8. The highest BCUT2D eigenvalue weighted by molar-refractivity contribution is 5.88. The predicted molar refractivity (Wildman–Crippen MR) is 93.2 cm³/mol. The molecule has 0 bridgehead atoms. The molecule has 3 rings (SSSR count). The molecule has 0 saturated carbocycles. The number of carbonyl (C=O) groups is 1. The molecule has 0 aliphatic carbocycles. The Morgan fingerprint density at radius 3 is 2.48 bits per heavy atom. The van der Waals surface area contributed by atoms with Gasteiger partial charge in [0.15, 0.2) is 11.5 Å². The summed E-state index contributed by atoms with van der Waals surface area (Å²) < 4.78 is 94.4. The van der Waals surface area contributed by atoms with Crippen LogP contribution in [0.3, 0.4) is 0 Å². The van der Waals surface area contributed by atoms with Crippen LogP contribution in [0, 0.1) is 0 Å². The van der Waals surface area contributed by atoms with Crippen molar-refractivity contribution < 1.29 is 45.1 Å². The van der Waals surface area contributed by atoms with Crippen LogP contribution in [0.5, 0.6) is 5.75 Å². The van der Waals surface area contributed by atoms with Crippen LogP contribution in [-0.2, 0) is 23.7 Å². The van der Waals surface area contributed by atoms with Crippen molar-refractivity contribution in [2.24, 2.45) is 0 Å². The van der Waals surface area contributed by atoms with Crippen molar-refractivity contribution in [3.05, 3.63) is 53.0 Å². The van der Waals surface area contributed by atoms with Gasteiger partial charge in [-0.2, -0.15) is 26.3 Å². The van der Waals surface area contributed by atoms with Crippen LogP contribution in [-0.4, -0.2) is 22.7 Å². The number of hydrogen-bond acceptors (Lipinski definition) is 6. The molecule has 0 aliphatic heterocycles. The highest BCUT2D eigenvalue weighted by Gasteiger charge is 2.37. The Morgan fingerprint density at radius 1 is 1.10 bits per heavy atom. The Morgan fingerprint density at radius 2 is 1.84 bits per heavy atom.